The molecule has 0 saturated heterocycles. The molecule has 2 heterocycles. The zero-order valence-corrected chi connectivity index (χ0v) is 17.9. The fourth-order valence-corrected chi connectivity index (χ4v) is 4.77. The molecule has 4 rings (SSSR count). The van der Waals surface area contributed by atoms with Gasteiger partial charge in [0.25, 0.3) is 0 Å². The fraction of sp³-hybridized carbons (Fsp3) is 0.571. The summed E-state index contributed by atoms with van der Waals surface area (Å²) < 4.78 is 13.7. The molecule has 7 nitrogen and oxygen atoms in total. The molecule has 1 N–H and O–H groups in total. The molecule has 29 heavy (non-hydrogen) atoms. The number of nitrogens with one attached hydrogen (secondary N) is 1. The van der Waals surface area contributed by atoms with Gasteiger partial charge in [-0.05, 0) is 30.4 Å². The lowest BCUT2D eigenvalue weighted by molar-refractivity contribution is -0.120. The van der Waals surface area contributed by atoms with Gasteiger partial charge in [0.05, 0.1) is 5.75 Å². The molecule has 0 bridgehead atoms. The Kier molecular flexibility index (Phi) is 5.99. The SMILES string of the molecule is C[C@H]1[C@H](C)CCC[C@@H]1NC(=O)CSc1nnc([C@@H]2COc3ccccc3O2)n1C. The molecule has 0 radical (unpaired) electrons. The number of amides is 1. The van der Waals surface area contributed by atoms with Gasteiger partial charge in [0.1, 0.15) is 6.61 Å². The second-order valence-electron chi connectivity index (χ2n) is 7.99. The van der Waals surface area contributed by atoms with Crippen LogP contribution in [-0.4, -0.2) is 39.1 Å². The number of benzene rings is 1. The lowest BCUT2D eigenvalue weighted by atomic mass is 9.78. The van der Waals surface area contributed by atoms with Gasteiger partial charge in [0, 0.05) is 13.1 Å². The summed E-state index contributed by atoms with van der Waals surface area (Å²) >= 11 is 1.40. The Morgan fingerprint density at radius 3 is 2.86 bits per heavy atom. The number of ether oxygens (including phenoxy) is 2. The smallest absolute Gasteiger partial charge is 0.230 e. The van der Waals surface area contributed by atoms with Crippen LogP contribution in [0.25, 0.3) is 0 Å². The first-order valence-corrected chi connectivity index (χ1v) is 11.2. The topological polar surface area (TPSA) is 78.3 Å². The van der Waals surface area contributed by atoms with Crippen LogP contribution in [0.2, 0.25) is 0 Å². The van der Waals surface area contributed by atoms with Crippen molar-refractivity contribution >= 4 is 17.7 Å². The summed E-state index contributed by atoms with van der Waals surface area (Å²) in [6.45, 7) is 4.89. The van der Waals surface area contributed by atoms with E-state index < -0.39 is 0 Å². The molecule has 2 aliphatic rings. The summed E-state index contributed by atoms with van der Waals surface area (Å²) in [4.78, 5) is 12.5. The van der Waals surface area contributed by atoms with E-state index in [1.807, 2.05) is 35.9 Å². The molecule has 2 aromatic rings. The summed E-state index contributed by atoms with van der Waals surface area (Å²) in [5.74, 6) is 3.69. The Labute approximate surface area is 175 Å². The van der Waals surface area contributed by atoms with Crippen LogP contribution in [0.1, 0.15) is 45.0 Å². The first-order chi connectivity index (χ1) is 14.0. The third kappa shape index (κ3) is 4.37. The first-order valence-electron chi connectivity index (χ1n) is 10.2. The standard InChI is InChI=1S/C21H28N4O3S/c1-13-7-6-8-15(14(13)2)22-19(26)12-29-21-24-23-20(25(21)3)18-11-27-16-9-4-5-10-17(16)28-18/h4-5,9-10,13-15,18H,6-8,11-12H2,1-3H3,(H,22,26)/t13-,14+,15+,18+/m1/s1. The minimum Gasteiger partial charge on any atom is -0.485 e. The predicted molar refractivity (Wildman–Crippen MR) is 111 cm³/mol. The number of fused-ring (bicyclic) bond motifs is 1. The molecular formula is C21H28N4O3S. The number of nitrogens with zero attached hydrogens (tertiary/aromatic N) is 3. The van der Waals surface area contributed by atoms with E-state index in [9.17, 15) is 4.79 Å². The zero-order chi connectivity index (χ0) is 20.4. The van der Waals surface area contributed by atoms with Crippen molar-refractivity contribution in [1.82, 2.24) is 20.1 Å². The number of hydrogen-bond donors (Lipinski definition) is 1. The molecule has 8 heteroatoms. The molecule has 1 aliphatic heterocycles. The zero-order valence-electron chi connectivity index (χ0n) is 17.1. The maximum atomic E-state index is 12.5. The van der Waals surface area contributed by atoms with Crippen LogP contribution in [-0.2, 0) is 11.8 Å². The Hall–Kier alpha value is -2.22. The van der Waals surface area contributed by atoms with Gasteiger partial charge in [0.15, 0.2) is 28.6 Å². The van der Waals surface area contributed by atoms with Gasteiger partial charge in [-0.1, -0.05) is 50.6 Å². The van der Waals surface area contributed by atoms with Crippen LogP contribution in [0.5, 0.6) is 11.5 Å². The van der Waals surface area contributed by atoms with Crippen molar-refractivity contribution in [2.75, 3.05) is 12.4 Å². The number of thioether (sulfide) groups is 1. The van der Waals surface area contributed by atoms with E-state index in [0.29, 0.717) is 40.9 Å². The summed E-state index contributed by atoms with van der Waals surface area (Å²) in [7, 11) is 1.89. The minimum absolute atomic E-state index is 0.0525. The number of aromatic nitrogens is 3. The maximum Gasteiger partial charge on any atom is 0.230 e. The van der Waals surface area contributed by atoms with Crippen LogP contribution in [0.3, 0.4) is 0 Å². The van der Waals surface area contributed by atoms with Crippen LogP contribution < -0.4 is 14.8 Å². The Balaban J connectivity index is 1.34. The second-order valence-corrected chi connectivity index (χ2v) is 8.94. The Bertz CT molecular complexity index is 871. The average Bonchev–Trinajstić information content (AvgIpc) is 3.10. The molecule has 1 amide bonds. The van der Waals surface area contributed by atoms with Crippen molar-refractivity contribution in [2.24, 2.45) is 18.9 Å². The summed E-state index contributed by atoms with van der Waals surface area (Å²) in [6, 6.07) is 7.87. The molecule has 1 fully saturated rings. The molecule has 0 spiro atoms. The first kappa shape index (κ1) is 20.1. The normalized spacial score (nSPS) is 26.2. The molecule has 156 valence electrons. The lowest BCUT2D eigenvalue weighted by Crippen LogP contribution is -2.44. The Morgan fingerprint density at radius 1 is 1.24 bits per heavy atom. The third-order valence-electron chi connectivity index (χ3n) is 6.05. The van der Waals surface area contributed by atoms with Crippen LogP contribution in [0, 0.1) is 11.8 Å². The molecule has 0 unspecified atom stereocenters. The van der Waals surface area contributed by atoms with E-state index >= 15 is 0 Å². The van der Waals surface area contributed by atoms with Gasteiger partial charge in [0.2, 0.25) is 5.91 Å². The van der Waals surface area contributed by atoms with Gasteiger partial charge in [-0.3, -0.25) is 4.79 Å². The van der Waals surface area contributed by atoms with E-state index in [4.69, 9.17) is 9.47 Å². The number of para-hydroxylation sites is 2. The summed E-state index contributed by atoms with van der Waals surface area (Å²) in [6.07, 6.45) is 3.18. The van der Waals surface area contributed by atoms with Crippen LogP contribution in [0.4, 0.5) is 0 Å². The molecule has 4 atom stereocenters. The largest absolute Gasteiger partial charge is 0.485 e. The quantitative estimate of drug-likeness (QED) is 0.753. The van der Waals surface area contributed by atoms with E-state index in [1.54, 1.807) is 0 Å². The van der Waals surface area contributed by atoms with Crippen molar-refractivity contribution in [3.63, 3.8) is 0 Å². The van der Waals surface area contributed by atoms with E-state index in [-0.39, 0.29) is 18.1 Å². The van der Waals surface area contributed by atoms with Crippen LogP contribution >= 0.6 is 11.8 Å². The minimum atomic E-state index is -0.324. The van der Waals surface area contributed by atoms with Crippen molar-refractivity contribution in [2.45, 2.75) is 50.4 Å². The van der Waals surface area contributed by atoms with Gasteiger partial charge in [-0.2, -0.15) is 0 Å². The maximum absolute atomic E-state index is 12.5. The molecule has 1 aromatic heterocycles. The van der Waals surface area contributed by atoms with Gasteiger partial charge in [-0.25, -0.2) is 0 Å². The van der Waals surface area contributed by atoms with Gasteiger partial charge in [-0.15, -0.1) is 10.2 Å². The van der Waals surface area contributed by atoms with E-state index in [2.05, 4.69) is 29.4 Å². The Morgan fingerprint density at radius 2 is 2.03 bits per heavy atom. The third-order valence-corrected chi connectivity index (χ3v) is 7.07. The number of hydrogen-bond acceptors (Lipinski definition) is 6. The van der Waals surface area contributed by atoms with Crippen molar-refractivity contribution < 1.29 is 14.3 Å². The highest BCUT2D eigenvalue weighted by atomic mass is 32.2. The molecule has 1 aliphatic carbocycles. The van der Waals surface area contributed by atoms with Crippen molar-refractivity contribution in [3.8, 4) is 11.5 Å². The van der Waals surface area contributed by atoms with Gasteiger partial charge >= 0.3 is 0 Å². The van der Waals surface area contributed by atoms with Gasteiger partial charge < -0.3 is 19.4 Å². The fourth-order valence-electron chi connectivity index (χ4n) is 4.04. The highest BCUT2D eigenvalue weighted by Gasteiger charge is 2.29. The van der Waals surface area contributed by atoms with Crippen molar-refractivity contribution in [1.29, 1.82) is 0 Å². The highest BCUT2D eigenvalue weighted by molar-refractivity contribution is 7.99. The van der Waals surface area contributed by atoms with E-state index in [1.165, 1.54) is 24.6 Å². The van der Waals surface area contributed by atoms with Crippen LogP contribution in [0.15, 0.2) is 29.4 Å². The summed E-state index contributed by atoms with van der Waals surface area (Å²) in [5, 5.41) is 12.4. The molecule has 1 aromatic carbocycles. The number of carbonyl (C=O) groups is 1. The summed E-state index contributed by atoms with van der Waals surface area (Å²) in [5.41, 5.74) is 0. The average molecular weight is 417 g/mol. The lowest BCUT2D eigenvalue weighted by Gasteiger charge is -2.34. The van der Waals surface area contributed by atoms with E-state index in [0.717, 1.165) is 12.2 Å². The van der Waals surface area contributed by atoms with Crippen molar-refractivity contribution in [3.05, 3.63) is 30.1 Å². The number of rotatable bonds is 5. The molecule has 1 saturated carbocycles. The number of carbonyl (C=O) groups excluding carboxylic acids is 1. The highest BCUT2D eigenvalue weighted by Crippen LogP contribution is 2.36. The monoisotopic (exact) mass is 416 g/mol. The molecular weight excluding hydrogens is 388 g/mol. The predicted octanol–water partition coefficient (Wildman–Crippen LogP) is 3.36. The second kappa shape index (κ2) is 8.65.